The van der Waals surface area contributed by atoms with Gasteiger partial charge in [-0.2, -0.15) is 0 Å². The number of methoxy groups -OCH3 is 1. The molecule has 9 heteroatoms. The number of hydrogen-bond acceptors (Lipinski definition) is 7. The molecule has 2 aromatic rings. The van der Waals surface area contributed by atoms with E-state index < -0.39 is 5.37 Å². The van der Waals surface area contributed by atoms with E-state index in [0.29, 0.717) is 35.4 Å². The van der Waals surface area contributed by atoms with Gasteiger partial charge in [0.25, 0.3) is 0 Å². The van der Waals surface area contributed by atoms with Gasteiger partial charge in [0.05, 0.1) is 7.11 Å². The summed E-state index contributed by atoms with van der Waals surface area (Å²) in [4.78, 5) is 23.7. The first-order chi connectivity index (χ1) is 15.3. The second-order valence-electron chi connectivity index (χ2n) is 7.34. The third kappa shape index (κ3) is 5.94. The van der Waals surface area contributed by atoms with E-state index in [9.17, 15) is 9.59 Å². The normalized spacial score (nSPS) is 15.2. The standard InChI is InChI=1S/C23H27N3O5S/c1-14-10-15(2)12-19(11-14)30-8-9-31-21-7-6-18(29-5)13-20(21)22-26(17(4)28)25-23(32-22)24-16(3)27/h6-7,10-13,22H,8-9H2,1-5H3,(H,24,25,27)/t22-/m1/s1. The lowest BCUT2D eigenvalue weighted by atomic mass is 10.1. The smallest absolute Gasteiger partial charge is 0.241 e. The van der Waals surface area contributed by atoms with E-state index >= 15 is 0 Å². The van der Waals surface area contributed by atoms with Gasteiger partial charge in [0, 0.05) is 19.4 Å². The Kier molecular flexibility index (Phi) is 7.63. The van der Waals surface area contributed by atoms with Gasteiger partial charge in [-0.3, -0.25) is 9.59 Å². The van der Waals surface area contributed by atoms with Crippen molar-refractivity contribution in [3.8, 4) is 17.2 Å². The van der Waals surface area contributed by atoms with Crippen LogP contribution in [0.25, 0.3) is 0 Å². The summed E-state index contributed by atoms with van der Waals surface area (Å²) in [5.41, 5.74) is 2.98. The number of amides is 2. The number of hydrazone groups is 1. The molecule has 0 fully saturated rings. The van der Waals surface area contributed by atoms with Crippen LogP contribution >= 0.6 is 11.8 Å². The van der Waals surface area contributed by atoms with Gasteiger partial charge in [-0.25, -0.2) is 5.01 Å². The molecule has 0 aromatic heterocycles. The van der Waals surface area contributed by atoms with Gasteiger partial charge >= 0.3 is 0 Å². The van der Waals surface area contributed by atoms with Gasteiger partial charge in [-0.1, -0.05) is 17.8 Å². The number of rotatable bonds is 7. The molecule has 1 N–H and O–H groups in total. The fourth-order valence-electron chi connectivity index (χ4n) is 3.27. The van der Waals surface area contributed by atoms with Crippen LogP contribution in [0.15, 0.2) is 41.5 Å². The SMILES string of the molecule is COc1ccc(OCCOc2cc(C)cc(C)c2)c([C@H]2SC(NC(C)=O)=NN2C(C)=O)c1. The summed E-state index contributed by atoms with van der Waals surface area (Å²) in [6.45, 7) is 7.53. The summed E-state index contributed by atoms with van der Waals surface area (Å²) in [7, 11) is 1.57. The first-order valence-corrected chi connectivity index (χ1v) is 11.0. The maximum atomic E-state index is 12.2. The molecule has 0 saturated heterocycles. The predicted molar refractivity (Wildman–Crippen MR) is 124 cm³/mol. The summed E-state index contributed by atoms with van der Waals surface area (Å²) in [6, 6.07) is 11.4. The second-order valence-corrected chi connectivity index (χ2v) is 8.41. The largest absolute Gasteiger partial charge is 0.497 e. The number of hydrogen-bond donors (Lipinski definition) is 1. The minimum absolute atomic E-state index is 0.255. The van der Waals surface area contributed by atoms with Crippen LogP contribution in [-0.4, -0.2) is 42.3 Å². The molecule has 1 atom stereocenters. The highest BCUT2D eigenvalue weighted by Crippen LogP contribution is 2.43. The van der Waals surface area contributed by atoms with Crippen molar-refractivity contribution in [2.75, 3.05) is 20.3 Å². The van der Waals surface area contributed by atoms with E-state index in [2.05, 4.69) is 16.5 Å². The molecule has 0 bridgehead atoms. The molecule has 32 heavy (non-hydrogen) atoms. The monoisotopic (exact) mass is 457 g/mol. The van der Waals surface area contributed by atoms with Crippen LogP contribution in [0.1, 0.15) is 35.9 Å². The predicted octanol–water partition coefficient (Wildman–Crippen LogP) is 3.77. The molecule has 0 unspecified atom stereocenters. The molecule has 3 rings (SSSR count). The van der Waals surface area contributed by atoms with E-state index in [1.807, 2.05) is 26.0 Å². The van der Waals surface area contributed by atoms with E-state index in [4.69, 9.17) is 14.2 Å². The third-order valence-electron chi connectivity index (χ3n) is 4.54. The molecule has 1 aliphatic heterocycles. The number of carbonyl (C=O) groups is 2. The highest BCUT2D eigenvalue weighted by atomic mass is 32.2. The molecule has 1 aliphatic rings. The van der Waals surface area contributed by atoms with Crippen LogP contribution in [-0.2, 0) is 9.59 Å². The summed E-state index contributed by atoms with van der Waals surface area (Å²) >= 11 is 1.26. The molecule has 2 amide bonds. The van der Waals surface area contributed by atoms with Gasteiger partial charge in [-0.05, 0) is 55.3 Å². The Bertz CT molecular complexity index is 1020. The van der Waals surface area contributed by atoms with Crippen molar-refractivity contribution >= 4 is 28.7 Å². The number of nitrogens with zero attached hydrogens (tertiary/aromatic N) is 2. The molecular weight excluding hydrogens is 430 g/mol. The van der Waals surface area contributed by atoms with Crippen molar-refractivity contribution in [3.63, 3.8) is 0 Å². The molecule has 8 nitrogen and oxygen atoms in total. The summed E-state index contributed by atoms with van der Waals surface area (Å²) in [5, 5.41) is 8.06. The van der Waals surface area contributed by atoms with Crippen molar-refractivity contribution in [2.24, 2.45) is 5.10 Å². The maximum Gasteiger partial charge on any atom is 0.241 e. The Morgan fingerprint density at radius 3 is 2.34 bits per heavy atom. The summed E-state index contributed by atoms with van der Waals surface area (Å²) < 4.78 is 17.2. The Morgan fingerprint density at radius 2 is 1.72 bits per heavy atom. The van der Waals surface area contributed by atoms with Crippen LogP contribution < -0.4 is 19.5 Å². The van der Waals surface area contributed by atoms with Crippen molar-refractivity contribution in [1.82, 2.24) is 10.3 Å². The first-order valence-electron chi connectivity index (χ1n) is 10.1. The second kappa shape index (κ2) is 10.4. The van der Waals surface area contributed by atoms with Crippen molar-refractivity contribution < 1.29 is 23.8 Å². The third-order valence-corrected chi connectivity index (χ3v) is 5.62. The number of aryl methyl sites for hydroxylation is 2. The van der Waals surface area contributed by atoms with E-state index in [1.54, 1.807) is 25.3 Å². The van der Waals surface area contributed by atoms with Gasteiger partial charge in [-0.15, -0.1) is 5.10 Å². The molecule has 0 aliphatic carbocycles. The lowest BCUT2D eigenvalue weighted by molar-refractivity contribution is -0.129. The number of carbonyl (C=O) groups excluding carboxylic acids is 2. The first kappa shape index (κ1) is 23.5. The van der Waals surface area contributed by atoms with Gasteiger partial charge in [0.1, 0.15) is 35.8 Å². The van der Waals surface area contributed by atoms with Crippen LogP contribution in [0.5, 0.6) is 17.2 Å². The quantitative estimate of drug-likeness (QED) is 0.637. The lowest BCUT2D eigenvalue weighted by Crippen LogP contribution is -2.25. The summed E-state index contributed by atoms with van der Waals surface area (Å²) in [6.07, 6.45) is 0. The topological polar surface area (TPSA) is 89.5 Å². The zero-order chi connectivity index (χ0) is 23.3. The maximum absolute atomic E-state index is 12.2. The lowest BCUT2D eigenvalue weighted by Gasteiger charge is -2.22. The highest BCUT2D eigenvalue weighted by molar-refractivity contribution is 8.14. The van der Waals surface area contributed by atoms with Crippen molar-refractivity contribution in [3.05, 3.63) is 53.1 Å². The number of nitrogens with one attached hydrogen (secondary N) is 1. The molecular formula is C23H27N3O5S. The Hall–Kier alpha value is -3.20. The zero-order valence-electron chi connectivity index (χ0n) is 18.8. The molecule has 2 aromatic carbocycles. The minimum Gasteiger partial charge on any atom is -0.497 e. The summed E-state index contributed by atoms with van der Waals surface area (Å²) in [5.74, 6) is 1.48. The Balaban J connectivity index is 1.75. The average Bonchev–Trinajstić information content (AvgIpc) is 3.14. The van der Waals surface area contributed by atoms with Gasteiger partial charge < -0.3 is 19.5 Å². The van der Waals surface area contributed by atoms with E-state index in [0.717, 1.165) is 16.9 Å². The number of thioether (sulfide) groups is 1. The van der Waals surface area contributed by atoms with Crippen molar-refractivity contribution in [1.29, 1.82) is 0 Å². The fraction of sp³-hybridized carbons (Fsp3) is 0.348. The van der Waals surface area contributed by atoms with Gasteiger partial charge in [0.15, 0.2) is 5.17 Å². The van der Waals surface area contributed by atoms with Crippen LogP contribution in [0.4, 0.5) is 0 Å². The average molecular weight is 458 g/mol. The van der Waals surface area contributed by atoms with Crippen molar-refractivity contribution in [2.45, 2.75) is 33.1 Å². The zero-order valence-corrected chi connectivity index (χ0v) is 19.6. The Labute approximate surface area is 191 Å². The fourth-order valence-corrected chi connectivity index (χ4v) is 4.43. The molecule has 0 spiro atoms. The minimum atomic E-state index is -0.500. The number of amidine groups is 1. The molecule has 1 heterocycles. The number of benzene rings is 2. The number of ether oxygens (including phenoxy) is 3. The molecule has 170 valence electrons. The highest BCUT2D eigenvalue weighted by Gasteiger charge is 2.34. The Morgan fingerprint density at radius 1 is 1.03 bits per heavy atom. The van der Waals surface area contributed by atoms with Crippen LogP contribution in [0.2, 0.25) is 0 Å². The van der Waals surface area contributed by atoms with Crippen LogP contribution in [0, 0.1) is 13.8 Å². The van der Waals surface area contributed by atoms with Gasteiger partial charge in [0.2, 0.25) is 11.8 Å². The van der Waals surface area contributed by atoms with E-state index in [-0.39, 0.29) is 11.8 Å². The molecule has 0 radical (unpaired) electrons. The molecule has 0 saturated carbocycles. The van der Waals surface area contributed by atoms with E-state index in [1.165, 1.54) is 30.6 Å². The van der Waals surface area contributed by atoms with Crippen LogP contribution in [0.3, 0.4) is 0 Å².